The smallest absolute Gasteiger partial charge is 0.308 e. The Bertz CT molecular complexity index is 366. The van der Waals surface area contributed by atoms with Crippen LogP contribution in [0.1, 0.15) is 163 Å². The predicted octanol–water partition coefficient (Wildman–Crippen LogP) is 10.0. The van der Waals surface area contributed by atoms with Crippen molar-refractivity contribution in [2.75, 3.05) is 6.61 Å². The van der Waals surface area contributed by atoms with Crippen LogP contribution < -0.4 is 0 Å². The number of hydrogen-bond donors (Lipinski definition) is 0. The van der Waals surface area contributed by atoms with Gasteiger partial charge in [0.2, 0.25) is 0 Å². The van der Waals surface area contributed by atoms with Crippen LogP contribution in [0.3, 0.4) is 0 Å². The van der Waals surface area contributed by atoms with Crippen LogP contribution in [0, 0.1) is 11.8 Å². The van der Waals surface area contributed by atoms with Gasteiger partial charge in [-0.25, -0.2) is 0 Å². The van der Waals surface area contributed by atoms with Crippen LogP contribution in [0.25, 0.3) is 0 Å². The monoisotopic (exact) mass is 438 g/mol. The first kappa shape index (κ1) is 30.5. The molecule has 0 aliphatic heterocycles. The van der Waals surface area contributed by atoms with Crippen LogP contribution in [-0.4, -0.2) is 12.6 Å². The summed E-state index contributed by atoms with van der Waals surface area (Å²) in [6, 6.07) is 0. The molecule has 0 heterocycles. The average molecular weight is 439 g/mol. The number of esters is 1. The highest BCUT2D eigenvalue weighted by Crippen LogP contribution is 2.21. The normalized spacial score (nSPS) is 13.3. The molecule has 0 aromatic rings. The first-order chi connectivity index (χ1) is 15.2. The van der Waals surface area contributed by atoms with E-state index in [0.29, 0.717) is 12.5 Å². The third-order valence-electron chi connectivity index (χ3n) is 6.79. The Hall–Kier alpha value is -0.530. The molecule has 2 atom stereocenters. The summed E-state index contributed by atoms with van der Waals surface area (Å²) in [4.78, 5) is 12.4. The van der Waals surface area contributed by atoms with Gasteiger partial charge in [-0.2, -0.15) is 0 Å². The van der Waals surface area contributed by atoms with Crippen molar-refractivity contribution in [3.8, 4) is 0 Å². The zero-order valence-corrected chi connectivity index (χ0v) is 22.0. The van der Waals surface area contributed by atoms with Gasteiger partial charge in [0.25, 0.3) is 0 Å². The van der Waals surface area contributed by atoms with Crippen molar-refractivity contribution >= 4 is 5.97 Å². The molecular weight excluding hydrogens is 380 g/mol. The Balaban J connectivity index is 4.13. The van der Waals surface area contributed by atoms with Gasteiger partial charge in [0, 0.05) is 0 Å². The Kier molecular flexibility index (Phi) is 23.7. The molecule has 2 unspecified atom stereocenters. The minimum absolute atomic E-state index is 0.0385. The van der Waals surface area contributed by atoms with Crippen molar-refractivity contribution in [2.45, 2.75) is 163 Å². The van der Waals surface area contributed by atoms with E-state index in [4.69, 9.17) is 4.74 Å². The van der Waals surface area contributed by atoms with E-state index in [2.05, 4.69) is 20.8 Å². The molecule has 0 saturated carbocycles. The van der Waals surface area contributed by atoms with E-state index < -0.39 is 0 Å². The number of hydrogen-bond acceptors (Lipinski definition) is 2. The molecule has 2 nitrogen and oxygen atoms in total. The second-order valence-corrected chi connectivity index (χ2v) is 10.1. The molecule has 0 N–H and O–H groups in total. The maximum absolute atomic E-state index is 12.4. The second-order valence-electron chi connectivity index (χ2n) is 10.1. The topological polar surface area (TPSA) is 26.3 Å². The van der Waals surface area contributed by atoms with Crippen molar-refractivity contribution < 1.29 is 9.53 Å². The molecule has 2 heteroatoms. The fourth-order valence-corrected chi connectivity index (χ4v) is 4.43. The minimum Gasteiger partial charge on any atom is -0.465 e. The van der Waals surface area contributed by atoms with Crippen LogP contribution in [-0.2, 0) is 9.53 Å². The summed E-state index contributed by atoms with van der Waals surface area (Å²) in [5.74, 6) is 0.674. The Morgan fingerprint density at radius 1 is 0.548 bits per heavy atom. The van der Waals surface area contributed by atoms with Crippen LogP contribution in [0.5, 0.6) is 0 Å². The number of carbonyl (C=O) groups is 1. The van der Waals surface area contributed by atoms with Crippen molar-refractivity contribution in [1.82, 2.24) is 0 Å². The highest BCUT2D eigenvalue weighted by atomic mass is 16.5. The summed E-state index contributed by atoms with van der Waals surface area (Å²) in [5.41, 5.74) is 0. The fourth-order valence-electron chi connectivity index (χ4n) is 4.43. The Labute approximate surface area is 196 Å². The van der Waals surface area contributed by atoms with Gasteiger partial charge in [0.1, 0.15) is 0 Å². The summed E-state index contributed by atoms with van der Waals surface area (Å²) in [5, 5.41) is 0. The first-order valence-corrected chi connectivity index (χ1v) is 14.3. The number of unbranched alkanes of at least 4 members (excludes halogenated alkanes) is 15. The van der Waals surface area contributed by atoms with Gasteiger partial charge in [0.15, 0.2) is 0 Å². The lowest BCUT2D eigenvalue weighted by Gasteiger charge is -2.19. The molecule has 0 spiro atoms. The van der Waals surface area contributed by atoms with Gasteiger partial charge >= 0.3 is 5.97 Å². The lowest BCUT2D eigenvalue weighted by molar-refractivity contribution is -0.149. The zero-order valence-electron chi connectivity index (χ0n) is 22.0. The number of carbonyl (C=O) groups excluding carboxylic acids is 1. The van der Waals surface area contributed by atoms with Gasteiger partial charge in [-0.15, -0.1) is 0 Å². The molecule has 0 bridgehead atoms. The molecule has 0 aromatic carbocycles. The highest BCUT2D eigenvalue weighted by molar-refractivity contribution is 5.71. The molecule has 31 heavy (non-hydrogen) atoms. The maximum Gasteiger partial charge on any atom is 0.308 e. The fraction of sp³-hybridized carbons (Fsp3) is 0.966. The van der Waals surface area contributed by atoms with Gasteiger partial charge in [-0.05, 0) is 25.2 Å². The lowest BCUT2D eigenvalue weighted by Crippen LogP contribution is -2.19. The molecule has 0 fully saturated rings. The van der Waals surface area contributed by atoms with Crippen molar-refractivity contribution in [1.29, 1.82) is 0 Å². The second kappa shape index (κ2) is 24.1. The number of ether oxygens (including phenoxy) is 1. The summed E-state index contributed by atoms with van der Waals surface area (Å²) >= 11 is 0. The van der Waals surface area contributed by atoms with E-state index in [9.17, 15) is 4.79 Å². The van der Waals surface area contributed by atoms with Crippen molar-refractivity contribution in [3.05, 3.63) is 0 Å². The van der Waals surface area contributed by atoms with E-state index in [1.807, 2.05) is 6.92 Å². The Morgan fingerprint density at radius 3 is 1.35 bits per heavy atom. The molecular formula is C29H58O2. The van der Waals surface area contributed by atoms with E-state index in [1.54, 1.807) is 0 Å². The van der Waals surface area contributed by atoms with Crippen molar-refractivity contribution in [3.63, 3.8) is 0 Å². The standard InChI is InChI=1S/C29H58O2/c1-5-8-11-13-15-17-19-22-25-28(24-21-18-16-14-12-9-6-2)26-31-29(30)27(4)23-20-10-7-3/h27-28H,5-26H2,1-4H3. The third kappa shape index (κ3) is 21.1. The summed E-state index contributed by atoms with van der Waals surface area (Å²) in [7, 11) is 0. The number of rotatable bonds is 24. The lowest BCUT2D eigenvalue weighted by atomic mass is 9.94. The largest absolute Gasteiger partial charge is 0.465 e. The van der Waals surface area contributed by atoms with Crippen molar-refractivity contribution in [2.24, 2.45) is 11.8 Å². The average Bonchev–Trinajstić information content (AvgIpc) is 2.77. The minimum atomic E-state index is 0.0385. The summed E-state index contributed by atoms with van der Waals surface area (Å²) in [6.45, 7) is 9.47. The molecule has 0 aliphatic rings. The van der Waals surface area contributed by atoms with E-state index in [-0.39, 0.29) is 11.9 Å². The molecule has 0 rings (SSSR count). The maximum atomic E-state index is 12.4. The zero-order chi connectivity index (χ0) is 23.0. The summed E-state index contributed by atoms with van der Waals surface area (Å²) < 4.78 is 5.79. The van der Waals surface area contributed by atoms with E-state index >= 15 is 0 Å². The molecule has 0 radical (unpaired) electrons. The van der Waals surface area contributed by atoms with E-state index in [0.717, 1.165) is 12.8 Å². The van der Waals surface area contributed by atoms with Crippen LogP contribution in [0.15, 0.2) is 0 Å². The van der Waals surface area contributed by atoms with Gasteiger partial charge in [-0.3, -0.25) is 4.79 Å². The third-order valence-corrected chi connectivity index (χ3v) is 6.79. The Morgan fingerprint density at radius 2 is 0.903 bits per heavy atom. The molecule has 0 aliphatic carbocycles. The van der Waals surface area contributed by atoms with Crippen LogP contribution >= 0.6 is 0 Å². The van der Waals surface area contributed by atoms with Gasteiger partial charge in [-0.1, -0.05) is 143 Å². The van der Waals surface area contributed by atoms with Gasteiger partial charge in [0.05, 0.1) is 12.5 Å². The van der Waals surface area contributed by atoms with Crippen LogP contribution in [0.4, 0.5) is 0 Å². The molecule has 0 amide bonds. The first-order valence-electron chi connectivity index (χ1n) is 14.3. The van der Waals surface area contributed by atoms with Gasteiger partial charge < -0.3 is 4.74 Å². The molecule has 186 valence electrons. The van der Waals surface area contributed by atoms with Crippen LogP contribution in [0.2, 0.25) is 0 Å². The van der Waals surface area contributed by atoms with E-state index in [1.165, 1.54) is 122 Å². The summed E-state index contributed by atoms with van der Waals surface area (Å²) in [6.07, 6.45) is 27.5. The molecule has 0 aromatic heterocycles. The molecule has 0 saturated heterocycles. The quantitative estimate of drug-likeness (QED) is 0.111. The predicted molar refractivity (Wildman–Crippen MR) is 138 cm³/mol. The highest BCUT2D eigenvalue weighted by Gasteiger charge is 2.17. The SMILES string of the molecule is CCCCCCCCCCC(CCCCCCCCC)COC(=O)C(C)CCCCC.